The Balaban J connectivity index is 0.00000338. The number of rotatable bonds is 8. The van der Waals surface area contributed by atoms with Crippen LogP contribution in [0.3, 0.4) is 0 Å². The number of carbonyl (C=O) groups is 1. The van der Waals surface area contributed by atoms with Crippen LogP contribution in [0.2, 0.25) is 5.02 Å². The molecule has 0 aromatic heterocycles. The van der Waals surface area contributed by atoms with E-state index >= 15 is 0 Å². The fourth-order valence-corrected chi connectivity index (χ4v) is 3.41. The van der Waals surface area contributed by atoms with E-state index in [2.05, 4.69) is 10.0 Å². The molecule has 2 aromatic carbocycles. The smallest absolute Gasteiger partial charge is 0.548 e. The molecule has 0 bridgehead atoms. The maximum absolute atomic E-state index is 12.3. The second-order valence-corrected chi connectivity index (χ2v) is 7.76. The van der Waals surface area contributed by atoms with Crippen molar-refractivity contribution in [1.29, 1.82) is 0 Å². The van der Waals surface area contributed by atoms with Gasteiger partial charge in [-0.1, -0.05) is 30.7 Å². The zero-order valence-electron chi connectivity index (χ0n) is 14.5. The first-order valence-electron chi connectivity index (χ1n) is 7.57. The number of hydrogen-bond donors (Lipinski definition) is 2. The van der Waals surface area contributed by atoms with Crippen LogP contribution >= 0.6 is 11.6 Å². The van der Waals surface area contributed by atoms with E-state index in [1.54, 1.807) is 12.1 Å². The summed E-state index contributed by atoms with van der Waals surface area (Å²) in [5.74, 6) is -1.24. The number of carboxylic acids is 1. The summed E-state index contributed by atoms with van der Waals surface area (Å²) in [6, 6.07) is 13.1. The Morgan fingerprint density at radius 2 is 1.69 bits per heavy atom. The van der Waals surface area contributed by atoms with Crippen LogP contribution < -0.4 is 44.7 Å². The summed E-state index contributed by atoms with van der Waals surface area (Å²) in [6.45, 7) is 1.86. The molecule has 0 aliphatic carbocycles. The number of hydrogen-bond acceptors (Lipinski definition) is 5. The molecule has 9 heteroatoms. The van der Waals surface area contributed by atoms with Crippen molar-refractivity contribution in [1.82, 2.24) is 4.72 Å². The largest absolute Gasteiger partial charge is 1.00 e. The zero-order chi connectivity index (χ0) is 18.4. The van der Waals surface area contributed by atoms with Gasteiger partial charge in [0.15, 0.2) is 0 Å². The van der Waals surface area contributed by atoms with Crippen molar-refractivity contribution in [3.8, 4) is 0 Å². The summed E-state index contributed by atoms with van der Waals surface area (Å²) in [5, 5.41) is 13.6. The first-order chi connectivity index (χ1) is 11.8. The van der Waals surface area contributed by atoms with Crippen LogP contribution in [0.25, 0.3) is 0 Å². The molecule has 0 aliphatic heterocycles. The van der Waals surface area contributed by atoms with E-state index in [9.17, 15) is 18.3 Å². The van der Waals surface area contributed by atoms with E-state index in [4.69, 9.17) is 11.6 Å². The minimum absolute atomic E-state index is 0. The van der Waals surface area contributed by atoms with Crippen molar-refractivity contribution in [3.05, 3.63) is 59.1 Å². The van der Waals surface area contributed by atoms with Gasteiger partial charge >= 0.3 is 29.6 Å². The van der Waals surface area contributed by atoms with Crippen LogP contribution in [-0.2, 0) is 14.8 Å². The second kappa shape index (κ2) is 10.3. The fraction of sp³-hybridized carbons (Fsp3) is 0.235. The number of carbonyl (C=O) groups excluding carboxylic acids is 1. The maximum Gasteiger partial charge on any atom is 1.00 e. The number of sulfonamides is 1. The van der Waals surface area contributed by atoms with Crippen LogP contribution in [0.15, 0.2) is 53.4 Å². The van der Waals surface area contributed by atoms with Crippen molar-refractivity contribution in [2.75, 3.05) is 18.4 Å². The summed E-state index contributed by atoms with van der Waals surface area (Å²) in [6.07, 6.45) is 0. The molecular formula is C17H18ClN2NaO4S. The third kappa shape index (κ3) is 6.90. The van der Waals surface area contributed by atoms with Crippen molar-refractivity contribution < 1.29 is 47.9 Å². The average Bonchev–Trinajstić information content (AvgIpc) is 2.59. The summed E-state index contributed by atoms with van der Waals surface area (Å²) in [5.41, 5.74) is 1.58. The van der Waals surface area contributed by atoms with Crippen LogP contribution in [0.1, 0.15) is 18.4 Å². The third-order valence-electron chi connectivity index (χ3n) is 3.62. The number of halogens is 1. The van der Waals surface area contributed by atoms with Crippen molar-refractivity contribution >= 4 is 33.3 Å². The van der Waals surface area contributed by atoms with Gasteiger partial charge in [0.05, 0.1) is 17.4 Å². The maximum atomic E-state index is 12.3. The normalized spacial score (nSPS) is 12.1. The van der Waals surface area contributed by atoms with Gasteiger partial charge in [0.2, 0.25) is 10.0 Å². The number of aliphatic carboxylic acids is 1. The summed E-state index contributed by atoms with van der Waals surface area (Å²) < 4.78 is 27.1. The van der Waals surface area contributed by atoms with Gasteiger partial charge < -0.3 is 15.2 Å². The van der Waals surface area contributed by atoms with E-state index in [1.165, 1.54) is 24.3 Å². The molecule has 2 N–H and O–H groups in total. The number of nitrogens with one attached hydrogen (secondary N) is 2. The van der Waals surface area contributed by atoms with Gasteiger partial charge in [0, 0.05) is 17.3 Å². The van der Waals surface area contributed by atoms with Gasteiger partial charge in [-0.2, -0.15) is 0 Å². The topological polar surface area (TPSA) is 98.3 Å². The van der Waals surface area contributed by atoms with Crippen molar-refractivity contribution in [2.45, 2.75) is 17.7 Å². The van der Waals surface area contributed by atoms with Crippen LogP contribution in [-0.4, -0.2) is 27.5 Å². The quantitative estimate of drug-likeness (QED) is 0.527. The molecule has 0 aliphatic rings. The minimum Gasteiger partial charge on any atom is -0.548 e. The molecule has 0 heterocycles. The molecule has 0 radical (unpaired) electrons. The van der Waals surface area contributed by atoms with Gasteiger partial charge in [0.1, 0.15) is 0 Å². The monoisotopic (exact) mass is 404 g/mol. The van der Waals surface area contributed by atoms with Gasteiger partial charge in [-0.25, -0.2) is 13.1 Å². The first-order valence-corrected chi connectivity index (χ1v) is 9.43. The van der Waals surface area contributed by atoms with Crippen LogP contribution in [0, 0.1) is 0 Å². The Morgan fingerprint density at radius 1 is 1.12 bits per heavy atom. The minimum atomic E-state index is -3.60. The van der Waals surface area contributed by atoms with Crippen molar-refractivity contribution in [2.24, 2.45) is 0 Å². The summed E-state index contributed by atoms with van der Waals surface area (Å²) in [7, 11) is -3.60. The molecule has 0 fully saturated rings. The number of benzene rings is 2. The van der Waals surface area contributed by atoms with E-state index < -0.39 is 16.0 Å². The Hall–Kier alpha value is -1.09. The van der Waals surface area contributed by atoms with Gasteiger partial charge in [0.25, 0.3) is 0 Å². The molecule has 134 valence electrons. The molecule has 0 spiro atoms. The van der Waals surface area contributed by atoms with E-state index in [0.717, 1.165) is 5.56 Å². The first kappa shape index (κ1) is 23.0. The Bertz CT molecular complexity index is 827. The van der Waals surface area contributed by atoms with E-state index in [-0.39, 0.29) is 53.5 Å². The summed E-state index contributed by atoms with van der Waals surface area (Å²) >= 11 is 5.77. The molecule has 1 atom stereocenters. The predicted molar refractivity (Wildman–Crippen MR) is 95.0 cm³/mol. The Morgan fingerprint density at radius 3 is 2.23 bits per heavy atom. The fourth-order valence-electron chi connectivity index (χ4n) is 2.15. The second-order valence-electron chi connectivity index (χ2n) is 5.55. The summed E-state index contributed by atoms with van der Waals surface area (Å²) in [4.78, 5) is 10.6. The van der Waals surface area contributed by atoms with Crippen LogP contribution in [0.4, 0.5) is 5.69 Å². The van der Waals surface area contributed by atoms with Crippen molar-refractivity contribution in [3.63, 3.8) is 0 Å². The molecular weight excluding hydrogens is 387 g/mol. The zero-order valence-corrected chi connectivity index (χ0v) is 18.1. The number of carboxylic acid groups (broad SMARTS) is 1. The predicted octanol–water partition coefficient (Wildman–Crippen LogP) is -1.41. The van der Waals surface area contributed by atoms with Gasteiger partial charge in [-0.3, -0.25) is 0 Å². The molecule has 26 heavy (non-hydrogen) atoms. The molecule has 0 amide bonds. The van der Waals surface area contributed by atoms with Crippen LogP contribution in [0.5, 0.6) is 0 Å². The third-order valence-corrected chi connectivity index (χ3v) is 5.31. The molecule has 6 nitrogen and oxygen atoms in total. The SMILES string of the molecule is CC(CNS(=O)(=O)c1ccc(Cl)cc1)c1ccc(NCC(=O)[O-])cc1.[Na+]. The Kier molecular flexibility index (Phi) is 9.09. The standard InChI is InChI=1S/C17H19ClN2O4S.Na/c1-12(13-2-6-15(7-3-13)19-11-17(21)22)10-20-25(23,24)16-8-4-14(18)5-9-16;/h2-9,12,19-20H,10-11H2,1H3,(H,21,22);/q;+1/p-1. The van der Waals surface area contributed by atoms with E-state index in [0.29, 0.717) is 10.7 Å². The van der Waals surface area contributed by atoms with E-state index in [1.807, 2.05) is 19.1 Å². The number of anilines is 1. The Labute approximate surface area is 180 Å². The van der Waals surface area contributed by atoms with Gasteiger partial charge in [-0.15, -0.1) is 0 Å². The average molecular weight is 405 g/mol. The molecule has 0 saturated heterocycles. The molecule has 2 aromatic rings. The van der Waals surface area contributed by atoms with Gasteiger partial charge in [-0.05, 0) is 47.9 Å². The molecule has 1 unspecified atom stereocenters. The molecule has 2 rings (SSSR count). The molecule has 0 saturated carbocycles.